The second-order valence-corrected chi connectivity index (χ2v) is 1.70. The monoisotopic (exact) mass is 156 g/mol. The third kappa shape index (κ3) is 3.20. The van der Waals surface area contributed by atoms with E-state index in [0.29, 0.717) is 6.42 Å². The summed E-state index contributed by atoms with van der Waals surface area (Å²) in [5.41, 5.74) is -0.626. The predicted octanol–water partition coefficient (Wildman–Crippen LogP) is 0.293. The van der Waals surface area contributed by atoms with Gasteiger partial charge in [0.25, 0.3) is 5.71 Å². The first-order chi connectivity index (χ1) is 5.26. The number of nitrogens with zero attached hydrogens (tertiary/aromatic N) is 2. The summed E-state index contributed by atoms with van der Waals surface area (Å²) in [6.07, 6.45) is 0.663. The van der Waals surface area contributed by atoms with E-state index >= 15 is 0 Å². The highest BCUT2D eigenvalue weighted by atomic mass is 16.5. The molecule has 5 nitrogen and oxygen atoms in total. The topological polar surface area (TPSA) is 82.7 Å². The summed E-state index contributed by atoms with van der Waals surface area (Å²) in [5, 5.41) is 18.7. The summed E-state index contributed by atoms with van der Waals surface area (Å²) in [4.78, 5) is 10.6. The van der Waals surface area contributed by atoms with Crippen molar-refractivity contribution >= 4 is 11.7 Å². The van der Waals surface area contributed by atoms with Crippen LogP contribution in [0.1, 0.15) is 13.3 Å². The molecule has 0 heterocycles. The molecule has 0 aliphatic rings. The van der Waals surface area contributed by atoms with Gasteiger partial charge in [0.05, 0.1) is 6.61 Å². The second kappa shape index (κ2) is 5.23. The number of esters is 1. The minimum absolute atomic E-state index is 0.222. The minimum Gasteiger partial charge on any atom is -0.460 e. The van der Waals surface area contributed by atoms with Gasteiger partial charge in [0, 0.05) is 0 Å². The molecule has 0 rings (SSSR count). The molecule has 0 unspecified atom stereocenters. The van der Waals surface area contributed by atoms with Crippen molar-refractivity contribution in [3.63, 3.8) is 0 Å². The van der Waals surface area contributed by atoms with Crippen molar-refractivity contribution in [2.75, 3.05) is 6.61 Å². The van der Waals surface area contributed by atoms with Crippen LogP contribution in [0.25, 0.3) is 0 Å². The summed E-state index contributed by atoms with van der Waals surface area (Å²) in [7, 11) is 0. The van der Waals surface area contributed by atoms with Gasteiger partial charge in [0.2, 0.25) is 0 Å². The molecule has 0 aromatic heterocycles. The van der Waals surface area contributed by atoms with E-state index in [2.05, 4.69) is 9.89 Å². The number of hydrogen-bond donors (Lipinski definition) is 1. The molecule has 0 aliphatic heterocycles. The molecule has 0 fully saturated rings. The van der Waals surface area contributed by atoms with Gasteiger partial charge < -0.3 is 9.94 Å². The first kappa shape index (κ1) is 9.43. The molecule has 0 spiro atoms. The van der Waals surface area contributed by atoms with E-state index < -0.39 is 11.7 Å². The summed E-state index contributed by atoms with van der Waals surface area (Å²) < 4.78 is 4.48. The zero-order chi connectivity index (χ0) is 8.69. The Hall–Kier alpha value is -1.57. The molecule has 1 N–H and O–H groups in total. The molecule has 0 amide bonds. The molecule has 0 bridgehead atoms. The molecule has 60 valence electrons. The zero-order valence-electron chi connectivity index (χ0n) is 6.07. The summed E-state index contributed by atoms with van der Waals surface area (Å²) in [6, 6.07) is 1.39. The largest absolute Gasteiger partial charge is 0.460 e. The quantitative estimate of drug-likeness (QED) is 0.275. The van der Waals surface area contributed by atoms with Crippen molar-refractivity contribution in [2.45, 2.75) is 13.3 Å². The van der Waals surface area contributed by atoms with Crippen LogP contribution in [-0.2, 0) is 9.53 Å². The smallest absolute Gasteiger partial charge is 0.371 e. The minimum atomic E-state index is -0.892. The van der Waals surface area contributed by atoms with Crippen LogP contribution in [0, 0.1) is 11.3 Å². The Kier molecular flexibility index (Phi) is 4.49. The maximum absolute atomic E-state index is 10.6. The Bertz CT molecular complexity index is 204. The van der Waals surface area contributed by atoms with Crippen LogP contribution >= 0.6 is 0 Å². The van der Waals surface area contributed by atoms with Crippen molar-refractivity contribution in [3.05, 3.63) is 0 Å². The molecular weight excluding hydrogens is 148 g/mol. The lowest BCUT2D eigenvalue weighted by atomic mass is 10.4. The van der Waals surface area contributed by atoms with Gasteiger partial charge in [-0.2, -0.15) is 5.26 Å². The van der Waals surface area contributed by atoms with Gasteiger partial charge in [-0.25, -0.2) is 4.79 Å². The molecule has 0 saturated heterocycles. The number of ether oxygens (including phenoxy) is 1. The van der Waals surface area contributed by atoms with Gasteiger partial charge in [-0.05, 0) is 6.42 Å². The molecule has 0 aromatic rings. The number of nitriles is 1. The summed E-state index contributed by atoms with van der Waals surface area (Å²) in [6.45, 7) is 2.04. The van der Waals surface area contributed by atoms with Gasteiger partial charge >= 0.3 is 5.97 Å². The van der Waals surface area contributed by atoms with Crippen LogP contribution in [0.5, 0.6) is 0 Å². The average Bonchev–Trinajstić information content (AvgIpc) is 2.03. The third-order valence-electron chi connectivity index (χ3n) is 0.837. The normalized spacial score (nSPS) is 10.4. The molecular formula is C6H8N2O3. The van der Waals surface area contributed by atoms with Crippen LogP contribution in [0.4, 0.5) is 0 Å². The van der Waals surface area contributed by atoms with Crippen LogP contribution in [0.3, 0.4) is 0 Å². The van der Waals surface area contributed by atoms with E-state index in [-0.39, 0.29) is 6.61 Å². The fourth-order valence-corrected chi connectivity index (χ4v) is 0.372. The first-order valence-electron chi connectivity index (χ1n) is 3.05. The van der Waals surface area contributed by atoms with Gasteiger partial charge in [0.15, 0.2) is 0 Å². The van der Waals surface area contributed by atoms with Gasteiger partial charge in [-0.15, -0.1) is 0 Å². The van der Waals surface area contributed by atoms with Gasteiger partial charge in [-0.3, -0.25) is 0 Å². The van der Waals surface area contributed by atoms with Crippen LogP contribution in [0.2, 0.25) is 0 Å². The van der Waals surface area contributed by atoms with E-state index in [1.807, 2.05) is 6.92 Å². The third-order valence-corrected chi connectivity index (χ3v) is 0.837. The van der Waals surface area contributed by atoms with Crippen LogP contribution in [0.15, 0.2) is 5.16 Å². The molecule has 0 atom stereocenters. The molecule has 0 radical (unpaired) electrons. The van der Waals surface area contributed by atoms with Crippen molar-refractivity contribution in [2.24, 2.45) is 5.16 Å². The highest BCUT2D eigenvalue weighted by molar-refractivity contribution is 6.42. The summed E-state index contributed by atoms with van der Waals surface area (Å²) in [5.74, 6) is -0.892. The highest BCUT2D eigenvalue weighted by Gasteiger charge is 2.11. The molecule has 0 saturated carbocycles. The van der Waals surface area contributed by atoms with Crippen molar-refractivity contribution in [3.8, 4) is 6.07 Å². The van der Waals surface area contributed by atoms with E-state index in [1.54, 1.807) is 0 Å². The first-order valence-corrected chi connectivity index (χ1v) is 3.05. The van der Waals surface area contributed by atoms with Crippen LogP contribution < -0.4 is 0 Å². The standard InChI is InChI=1S/C6H8N2O3/c1-2-3-11-6(9)5(4-7)8-10/h10H,2-3H2,1H3. The van der Waals surface area contributed by atoms with Crippen molar-refractivity contribution in [1.82, 2.24) is 0 Å². The lowest BCUT2D eigenvalue weighted by Crippen LogP contribution is -2.16. The fourth-order valence-electron chi connectivity index (χ4n) is 0.372. The predicted molar refractivity (Wildman–Crippen MR) is 36.1 cm³/mol. The Labute approximate surface area is 63.9 Å². The van der Waals surface area contributed by atoms with E-state index in [0.717, 1.165) is 0 Å². The Balaban J connectivity index is 3.94. The number of oxime groups is 1. The fraction of sp³-hybridized carbons (Fsp3) is 0.500. The lowest BCUT2D eigenvalue weighted by Gasteiger charge is -1.97. The lowest BCUT2D eigenvalue weighted by molar-refractivity contribution is -0.135. The van der Waals surface area contributed by atoms with E-state index in [4.69, 9.17) is 10.5 Å². The molecule has 11 heavy (non-hydrogen) atoms. The number of hydrogen-bond acceptors (Lipinski definition) is 5. The van der Waals surface area contributed by atoms with Gasteiger partial charge in [0.1, 0.15) is 6.07 Å². The Morgan fingerprint density at radius 1 is 1.82 bits per heavy atom. The number of rotatable bonds is 3. The van der Waals surface area contributed by atoms with Crippen molar-refractivity contribution < 1.29 is 14.7 Å². The van der Waals surface area contributed by atoms with Crippen molar-refractivity contribution in [1.29, 1.82) is 5.26 Å². The zero-order valence-corrected chi connectivity index (χ0v) is 6.07. The van der Waals surface area contributed by atoms with E-state index in [9.17, 15) is 4.79 Å². The number of carbonyl (C=O) groups excluding carboxylic acids is 1. The average molecular weight is 156 g/mol. The Morgan fingerprint density at radius 2 is 2.45 bits per heavy atom. The Morgan fingerprint density at radius 3 is 2.82 bits per heavy atom. The van der Waals surface area contributed by atoms with Crippen LogP contribution in [-0.4, -0.2) is 23.5 Å². The van der Waals surface area contributed by atoms with Gasteiger partial charge in [-0.1, -0.05) is 12.1 Å². The maximum Gasteiger partial charge on any atom is 0.371 e. The highest BCUT2D eigenvalue weighted by Crippen LogP contribution is 1.85. The number of carbonyl (C=O) groups is 1. The molecule has 0 aromatic carbocycles. The SMILES string of the molecule is CCCOC(=O)C(C#N)=NO. The molecule has 0 aliphatic carbocycles. The maximum atomic E-state index is 10.6. The second-order valence-electron chi connectivity index (χ2n) is 1.70. The summed E-state index contributed by atoms with van der Waals surface area (Å²) >= 11 is 0. The van der Waals surface area contributed by atoms with E-state index in [1.165, 1.54) is 6.07 Å². The molecule has 5 heteroatoms.